The summed E-state index contributed by atoms with van der Waals surface area (Å²) >= 11 is 0. The van der Waals surface area contributed by atoms with E-state index in [9.17, 15) is 14.9 Å². The van der Waals surface area contributed by atoms with Gasteiger partial charge in [0.2, 0.25) is 5.54 Å². The number of unbranched alkanes of at least 4 members (excludes halogenated alkanes) is 9. The van der Waals surface area contributed by atoms with Crippen LogP contribution in [0, 0.1) is 16.0 Å². The Morgan fingerprint density at radius 2 is 1.62 bits per heavy atom. The van der Waals surface area contributed by atoms with Gasteiger partial charge in [-0.2, -0.15) is 0 Å². The fourth-order valence-corrected chi connectivity index (χ4v) is 3.77. The van der Waals surface area contributed by atoms with Crippen molar-refractivity contribution < 1.29 is 14.8 Å². The Hall–Kier alpha value is -1.13. The van der Waals surface area contributed by atoms with Gasteiger partial charge in [0.1, 0.15) is 0 Å². The lowest BCUT2D eigenvalue weighted by atomic mass is 10.00. The lowest BCUT2D eigenvalue weighted by molar-refractivity contribution is -0.544. The van der Waals surface area contributed by atoms with Gasteiger partial charge in [0.05, 0.1) is 0 Å². The molecule has 2 atom stereocenters. The highest BCUT2D eigenvalue weighted by Crippen LogP contribution is 2.52. The molecular weight excluding hydrogens is 306 g/mol. The van der Waals surface area contributed by atoms with E-state index < -0.39 is 11.5 Å². The van der Waals surface area contributed by atoms with Crippen LogP contribution < -0.4 is 0 Å². The van der Waals surface area contributed by atoms with E-state index in [1.54, 1.807) is 0 Å². The largest absolute Gasteiger partial charge is 0.481 e. The third-order valence-corrected chi connectivity index (χ3v) is 5.47. The van der Waals surface area contributed by atoms with Crippen molar-refractivity contribution in [2.75, 3.05) is 0 Å². The number of carbonyl (C=O) groups is 1. The topological polar surface area (TPSA) is 80.4 Å². The quantitative estimate of drug-likeness (QED) is 0.225. The molecule has 0 saturated heterocycles. The number of rotatable bonds is 16. The zero-order valence-corrected chi connectivity index (χ0v) is 15.3. The van der Waals surface area contributed by atoms with Crippen molar-refractivity contribution in [3.8, 4) is 0 Å². The van der Waals surface area contributed by atoms with Crippen molar-refractivity contribution in [2.24, 2.45) is 5.92 Å². The summed E-state index contributed by atoms with van der Waals surface area (Å²) in [5, 5.41) is 20.0. The molecule has 1 fully saturated rings. The number of aliphatic carboxylic acids is 1. The zero-order valence-electron chi connectivity index (χ0n) is 15.3. The van der Waals surface area contributed by atoms with Crippen LogP contribution in [0.2, 0.25) is 0 Å². The maximum Gasteiger partial charge on any atom is 0.303 e. The van der Waals surface area contributed by atoms with Gasteiger partial charge in [-0.1, -0.05) is 64.7 Å². The smallest absolute Gasteiger partial charge is 0.303 e. The summed E-state index contributed by atoms with van der Waals surface area (Å²) < 4.78 is 0. The van der Waals surface area contributed by atoms with Crippen molar-refractivity contribution in [1.29, 1.82) is 0 Å². The van der Waals surface area contributed by atoms with E-state index in [-0.39, 0.29) is 11.3 Å². The molecule has 5 nitrogen and oxygen atoms in total. The first-order chi connectivity index (χ1) is 11.5. The van der Waals surface area contributed by atoms with Gasteiger partial charge in [0.15, 0.2) is 0 Å². The van der Waals surface area contributed by atoms with Gasteiger partial charge in [0, 0.05) is 30.1 Å². The van der Waals surface area contributed by atoms with Crippen molar-refractivity contribution in [1.82, 2.24) is 0 Å². The van der Waals surface area contributed by atoms with Gasteiger partial charge >= 0.3 is 5.97 Å². The second kappa shape index (κ2) is 11.4. The van der Waals surface area contributed by atoms with E-state index in [1.807, 2.05) is 0 Å². The fourth-order valence-electron chi connectivity index (χ4n) is 3.77. The predicted molar refractivity (Wildman–Crippen MR) is 95.8 cm³/mol. The Morgan fingerprint density at radius 1 is 1.04 bits per heavy atom. The number of carboxylic acids is 1. The molecule has 0 radical (unpaired) electrons. The summed E-state index contributed by atoms with van der Waals surface area (Å²) in [6.07, 6.45) is 14.7. The van der Waals surface area contributed by atoms with Gasteiger partial charge in [-0.15, -0.1) is 0 Å². The lowest BCUT2D eigenvalue weighted by Gasteiger charge is -2.09. The molecule has 1 N–H and O–H groups in total. The molecule has 0 amide bonds. The third-order valence-electron chi connectivity index (χ3n) is 5.47. The summed E-state index contributed by atoms with van der Waals surface area (Å²) in [7, 11) is 0. The van der Waals surface area contributed by atoms with Crippen molar-refractivity contribution in [3.63, 3.8) is 0 Å². The molecule has 24 heavy (non-hydrogen) atoms. The monoisotopic (exact) mass is 341 g/mol. The molecular formula is C19H35NO4. The molecule has 1 aliphatic rings. The summed E-state index contributed by atoms with van der Waals surface area (Å²) in [5.74, 6) is -0.441. The van der Waals surface area contributed by atoms with Crippen LogP contribution in [0.1, 0.15) is 103 Å². The van der Waals surface area contributed by atoms with Crippen LogP contribution >= 0.6 is 0 Å². The van der Waals surface area contributed by atoms with Gasteiger partial charge < -0.3 is 5.11 Å². The minimum Gasteiger partial charge on any atom is -0.481 e. The first kappa shape index (κ1) is 20.9. The molecule has 0 bridgehead atoms. The van der Waals surface area contributed by atoms with Crippen LogP contribution in [-0.4, -0.2) is 21.5 Å². The molecule has 0 aromatic rings. The number of hydrogen-bond donors (Lipinski definition) is 1. The molecule has 1 aliphatic carbocycles. The summed E-state index contributed by atoms with van der Waals surface area (Å²) in [6.45, 7) is 2.21. The Balaban J connectivity index is 2.10. The zero-order chi connectivity index (χ0) is 17.8. The van der Waals surface area contributed by atoms with Crippen molar-refractivity contribution in [3.05, 3.63) is 10.1 Å². The summed E-state index contributed by atoms with van der Waals surface area (Å²) in [6, 6.07) is 0. The lowest BCUT2D eigenvalue weighted by Crippen LogP contribution is -2.24. The number of hydrogen-bond acceptors (Lipinski definition) is 3. The highest BCUT2D eigenvalue weighted by atomic mass is 16.6. The van der Waals surface area contributed by atoms with Crippen LogP contribution in [-0.2, 0) is 4.79 Å². The van der Waals surface area contributed by atoms with Gasteiger partial charge in [0.25, 0.3) is 0 Å². The average Bonchev–Trinajstić information content (AvgIpc) is 3.24. The molecule has 5 heteroatoms. The Bertz CT molecular complexity index is 386. The standard InChI is InChI=1S/C19H35NO4/c1-2-3-4-5-7-10-13-17-16-19(17,20(23)24)15-12-9-6-8-11-14-18(21)22/h17H,2-16H2,1H3,(H,21,22). The number of nitro groups is 1. The molecule has 0 heterocycles. The van der Waals surface area contributed by atoms with E-state index in [4.69, 9.17) is 5.11 Å². The third kappa shape index (κ3) is 7.63. The fraction of sp³-hybridized carbons (Fsp3) is 0.947. The van der Waals surface area contributed by atoms with Crippen LogP contribution in [0.15, 0.2) is 0 Å². The van der Waals surface area contributed by atoms with Crippen molar-refractivity contribution in [2.45, 2.75) is 109 Å². The molecule has 2 unspecified atom stereocenters. The minimum absolute atomic E-state index is 0.0147. The molecule has 0 aromatic carbocycles. The molecule has 0 spiro atoms. The normalized spacial score (nSPS) is 22.5. The van der Waals surface area contributed by atoms with E-state index in [1.165, 1.54) is 32.1 Å². The van der Waals surface area contributed by atoms with Gasteiger partial charge in [-0.25, -0.2) is 0 Å². The second-order valence-corrected chi connectivity index (χ2v) is 7.48. The maximum absolute atomic E-state index is 11.4. The van der Waals surface area contributed by atoms with Gasteiger partial charge in [-0.05, 0) is 19.3 Å². The number of carboxylic acid groups (broad SMARTS) is 1. The summed E-state index contributed by atoms with van der Waals surface area (Å²) in [4.78, 5) is 21.9. The van der Waals surface area contributed by atoms with Crippen LogP contribution in [0.4, 0.5) is 0 Å². The molecule has 0 aliphatic heterocycles. The SMILES string of the molecule is CCCCCCCCC1CC1(CCCCCCCC(=O)O)[N+](=O)[O-]. The Morgan fingerprint density at radius 3 is 2.25 bits per heavy atom. The average molecular weight is 341 g/mol. The Kier molecular flexibility index (Phi) is 9.96. The van der Waals surface area contributed by atoms with E-state index >= 15 is 0 Å². The summed E-state index contributed by atoms with van der Waals surface area (Å²) in [5.41, 5.74) is -0.621. The maximum atomic E-state index is 11.4. The second-order valence-electron chi connectivity index (χ2n) is 7.48. The van der Waals surface area contributed by atoms with Crippen LogP contribution in [0.5, 0.6) is 0 Å². The van der Waals surface area contributed by atoms with E-state index in [0.717, 1.165) is 51.4 Å². The first-order valence-electron chi connectivity index (χ1n) is 9.89. The predicted octanol–water partition coefficient (Wildman–Crippen LogP) is 5.59. The Labute approximate surface area is 146 Å². The van der Waals surface area contributed by atoms with E-state index in [0.29, 0.717) is 12.3 Å². The van der Waals surface area contributed by atoms with E-state index in [2.05, 4.69) is 6.92 Å². The highest BCUT2D eigenvalue weighted by Gasteiger charge is 2.64. The van der Waals surface area contributed by atoms with Crippen LogP contribution in [0.25, 0.3) is 0 Å². The number of nitrogens with zero attached hydrogens (tertiary/aromatic N) is 1. The highest BCUT2D eigenvalue weighted by molar-refractivity contribution is 5.66. The molecule has 0 aromatic heterocycles. The first-order valence-corrected chi connectivity index (χ1v) is 9.89. The van der Waals surface area contributed by atoms with Crippen LogP contribution in [0.3, 0.4) is 0 Å². The molecule has 140 valence electrons. The van der Waals surface area contributed by atoms with Crippen molar-refractivity contribution >= 4 is 5.97 Å². The van der Waals surface area contributed by atoms with Gasteiger partial charge in [-0.3, -0.25) is 14.9 Å². The molecule has 1 rings (SSSR count). The minimum atomic E-state index is -0.738. The molecule has 1 saturated carbocycles.